The number of hydrogen-bond acceptors (Lipinski definition) is 3. The zero-order chi connectivity index (χ0) is 17.9. The molecule has 1 saturated heterocycles. The molecule has 26 heavy (non-hydrogen) atoms. The minimum absolute atomic E-state index is 0.291. The highest BCUT2D eigenvalue weighted by Gasteiger charge is 2.28. The molecular weight excluding hydrogens is 340 g/mol. The van der Waals surface area contributed by atoms with Gasteiger partial charge in [-0.2, -0.15) is 0 Å². The molecule has 0 amide bonds. The topological polar surface area (TPSA) is 30.4 Å². The normalized spacial score (nSPS) is 15.8. The van der Waals surface area contributed by atoms with Gasteiger partial charge in [-0.1, -0.05) is 84.6 Å². The SMILES string of the molecule is C=C(C)CSc1nc(-c2ccccc2)c(-c2ccccc2)n1CC1CO1. The monoisotopic (exact) mass is 362 g/mol. The Morgan fingerprint density at radius 2 is 1.73 bits per heavy atom. The van der Waals surface area contributed by atoms with Crippen molar-refractivity contribution in [1.29, 1.82) is 0 Å². The van der Waals surface area contributed by atoms with E-state index in [-0.39, 0.29) is 0 Å². The second kappa shape index (κ2) is 7.52. The third kappa shape index (κ3) is 3.76. The molecule has 0 N–H and O–H groups in total. The maximum atomic E-state index is 5.52. The Labute approximate surface area is 158 Å². The Bertz CT molecular complexity index is 899. The molecule has 1 aromatic heterocycles. The number of nitrogens with zero attached hydrogens (tertiary/aromatic N) is 2. The summed E-state index contributed by atoms with van der Waals surface area (Å²) in [6, 6.07) is 20.9. The average Bonchev–Trinajstić information content (AvgIpc) is 3.41. The van der Waals surface area contributed by atoms with Crippen LogP contribution in [0, 0.1) is 0 Å². The summed E-state index contributed by atoms with van der Waals surface area (Å²) in [4.78, 5) is 5.04. The van der Waals surface area contributed by atoms with Gasteiger partial charge in [0.05, 0.1) is 30.6 Å². The molecule has 1 unspecified atom stereocenters. The van der Waals surface area contributed by atoms with E-state index in [1.54, 1.807) is 11.8 Å². The Morgan fingerprint density at radius 1 is 1.12 bits per heavy atom. The molecule has 1 atom stereocenters. The average molecular weight is 362 g/mol. The number of benzene rings is 2. The third-order valence-corrected chi connectivity index (χ3v) is 5.47. The predicted molar refractivity (Wildman–Crippen MR) is 108 cm³/mol. The first kappa shape index (κ1) is 17.1. The van der Waals surface area contributed by atoms with Crippen molar-refractivity contribution in [3.8, 4) is 22.5 Å². The molecule has 0 spiro atoms. The maximum Gasteiger partial charge on any atom is 0.169 e. The first-order chi connectivity index (χ1) is 12.7. The summed E-state index contributed by atoms with van der Waals surface area (Å²) in [5.41, 5.74) is 5.66. The van der Waals surface area contributed by atoms with Crippen LogP contribution in [0.15, 0.2) is 78.0 Å². The summed E-state index contributed by atoms with van der Waals surface area (Å²) in [6.07, 6.45) is 0.291. The Kier molecular flexibility index (Phi) is 4.96. The fourth-order valence-electron chi connectivity index (χ4n) is 2.96. The van der Waals surface area contributed by atoms with Crippen LogP contribution in [0.1, 0.15) is 6.92 Å². The smallest absolute Gasteiger partial charge is 0.169 e. The molecule has 0 bridgehead atoms. The van der Waals surface area contributed by atoms with Crippen molar-refractivity contribution in [1.82, 2.24) is 9.55 Å². The second-order valence-corrected chi connectivity index (χ2v) is 7.58. The fraction of sp³-hybridized carbons (Fsp3) is 0.227. The molecule has 3 nitrogen and oxygen atoms in total. The fourth-order valence-corrected chi connectivity index (χ4v) is 3.82. The highest BCUT2D eigenvalue weighted by molar-refractivity contribution is 7.99. The van der Waals surface area contributed by atoms with Gasteiger partial charge in [-0.15, -0.1) is 0 Å². The van der Waals surface area contributed by atoms with Crippen LogP contribution in [0.2, 0.25) is 0 Å². The number of hydrogen-bond donors (Lipinski definition) is 0. The summed E-state index contributed by atoms with van der Waals surface area (Å²) >= 11 is 1.75. The van der Waals surface area contributed by atoms with Crippen molar-refractivity contribution in [3.63, 3.8) is 0 Å². The number of rotatable bonds is 7. The van der Waals surface area contributed by atoms with Gasteiger partial charge in [0.25, 0.3) is 0 Å². The van der Waals surface area contributed by atoms with Gasteiger partial charge in [0.1, 0.15) is 0 Å². The molecule has 0 aliphatic carbocycles. The zero-order valence-electron chi connectivity index (χ0n) is 14.9. The van der Waals surface area contributed by atoms with E-state index in [1.165, 1.54) is 5.56 Å². The number of ether oxygens (including phenoxy) is 1. The molecule has 2 aromatic carbocycles. The van der Waals surface area contributed by atoms with Gasteiger partial charge >= 0.3 is 0 Å². The van der Waals surface area contributed by atoms with Crippen molar-refractivity contribution in [2.75, 3.05) is 12.4 Å². The highest BCUT2D eigenvalue weighted by atomic mass is 32.2. The van der Waals surface area contributed by atoms with Gasteiger partial charge in [-0.3, -0.25) is 0 Å². The summed E-state index contributed by atoms with van der Waals surface area (Å²) in [6.45, 7) is 7.76. The molecule has 132 valence electrons. The van der Waals surface area contributed by atoms with Gasteiger partial charge in [-0.05, 0) is 6.92 Å². The Morgan fingerprint density at radius 3 is 2.31 bits per heavy atom. The molecule has 0 radical (unpaired) electrons. The van der Waals surface area contributed by atoms with E-state index in [4.69, 9.17) is 9.72 Å². The third-order valence-electron chi connectivity index (χ3n) is 4.26. The molecule has 3 aromatic rings. The lowest BCUT2D eigenvalue weighted by Gasteiger charge is -2.12. The van der Waals surface area contributed by atoms with Crippen LogP contribution in [0.5, 0.6) is 0 Å². The van der Waals surface area contributed by atoms with Crippen molar-refractivity contribution in [2.24, 2.45) is 0 Å². The summed E-state index contributed by atoms with van der Waals surface area (Å²) < 4.78 is 7.85. The van der Waals surface area contributed by atoms with Crippen molar-refractivity contribution < 1.29 is 4.74 Å². The van der Waals surface area contributed by atoms with Crippen LogP contribution >= 0.6 is 11.8 Å². The van der Waals surface area contributed by atoms with Gasteiger partial charge in [-0.25, -0.2) is 4.98 Å². The van der Waals surface area contributed by atoms with Crippen LogP contribution in [-0.4, -0.2) is 28.0 Å². The van der Waals surface area contributed by atoms with E-state index in [0.29, 0.717) is 6.10 Å². The van der Waals surface area contributed by atoms with E-state index in [2.05, 4.69) is 66.6 Å². The largest absolute Gasteiger partial charge is 0.371 e. The van der Waals surface area contributed by atoms with E-state index in [9.17, 15) is 0 Å². The van der Waals surface area contributed by atoms with E-state index in [1.807, 2.05) is 12.1 Å². The van der Waals surface area contributed by atoms with Crippen LogP contribution in [-0.2, 0) is 11.3 Å². The van der Waals surface area contributed by atoms with Crippen LogP contribution in [0.25, 0.3) is 22.5 Å². The van der Waals surface area contributed by atoms with Crippen molar-refractivity contribution in [2.45, 2.75) is 24.7 Å². The van der Waals surface area contributed by atoms with Crippen LogP contribution in [0.4, 0.5) is 0 Å². The standard InChI is InChI=1S/C22H22N2OS/c1-16(2)15-26-22-23-20(17-9-5-3-6-10-17)21(18-11-7-4-8-12-18)24(22)13-19-14-25-19/h3-12,19H,1,13-15H2,2H3. The quantitative estimate of drug-likeness (QED) is 0.325. The zero-order valence-corrected chi connectivity index (χ0v) is 15.7. The van der Waals surface area contributed by atoms with Crippen LogP contribution < -0.4 is 0 Å². The number of epoxide rings is 1. The predicted octanol–water partition coefficient (Wildman–Crippen LogP) is 5.28. The molecule has 2 heterocycles. The number of imidazole rings is 1. The molecule has 1 aliphatic heterocycles. The van der Waals surface area contributed by atoms with E-state index < -0.39 is 0 Å². The molecule has 0 saturated carbocycles. The highest BCUT2D eigenvalue weighted by Crippen LogP contribution is 2.37. The Balaban J connectivity index is 1.87. The van der Waals surface area contributed by atoms with Crippen molar-refractivity contribution in [3.05, 3.63) is 72.8 Å². The van der Waals surface area contributed by atoms with Gasteiger partial charge < -0.3 is 9.30 Å². The first-order valence-corrected chi connectivity index (χ1v) is 9.81. The van der Waals surface area contributed by atoms with E-state index >= 15 is 0 Å². The lowest BCUT2D eigenvalue weighted by Crippen LogP contribution is -2.07. The first-order valence-electron chi connectivity index (χ1n) is 8.82. The van der Waals surface area contributed by atoms with Crippen LogP contribution in [0.3, 0.4) is 0 Å². The minimum atomic E-state index is 0.291. The lowest BCUT2D eigenvalue weighted by atomic mass is 10.0. The Hall–Kier alpha value is -2.30. The lowest BCUT2D eigenvalue weighted by molar-refractivity contribution is 0.377. The van der Waals surface area contributed by atoms with Gasteiger partial charge in [0.15, 0.2) is 5.16 Å². The van der Waals surface area contributed by atoms with E-state index in [0.717, 1.165) is 46.6 Å². The molecule has 1 fully saturated rings. The second-order valence-electron chi connectivity index (χ2n) is 6.64. The van der Waals surface area contributed by atoms with Gasteiger partial charge in [0, 0.05) is 16.9 Å². The maximum absolute atomic E-state index is 5.52. The summed E-state index contributed by atoms with van der Waals surface area (Å²) in [5.74, 6) is 0.866. The summed E-state index contributed by atoms with van der Waals surface area (Å²) in [7, 11) is 0. The molecule has 4 heteroatoms. The molecule has 1 aliphatic rings. The molecular formula is C22H22N2OS. The number of aromatic nitrogens is 2. The minimum Gasteiger partial charge on any atom is -0.371 e. The molecule has 4 rings (SSSR count). The van der Waals surface area contributed by atoms with Crippen molar-refractivity contribution >= 4 is 11.8 Å². The summed E-state index contributed by atoms with van der Waals surface area (Å²) in [5, 5.41) is 1.03. The number of thioether (sulfide) groups is 1. The van der Waals surface area contributed by atoms with Gasteiger partial charge in [0.2, 0.25) is 0 Å².